The lowest BCUT2D eigenvalue weighted by molar-refractivity contribution is 0.758. The van der Waals surface area contributed by atoms with Gasteiger partial charge in [0.05, 0.1) is 5.25 Å². The van der Waals surface area contributed by atoms with Gasteiger partial charge >= 0.3 is 0 Å². The summed E-state index contributed by atoms with van der Waals surface area (Å²) in [5.41, 5.74) is 1.15. The molecular formula is C15H25N3S2. The topological polar surface area (TPSA) is 37.8 Å². The summed E-state index contributed by atoms with van der Waals surface area (Å²) in [5, 5.41) is 4.44. The van der Waals surface area contributed by atoms with Gasteiger partial charge in [0.15, 0.2) is 0 Å². The molecule has 1 aliphatic rings. The summed E-state index contributed by atoms with van der Waals surface area (Å²) in [6, 6.07) is 2.11. The molecule has 0 spiro atoms. The summed E-state index contributed by atoms with van der Waals surface area (Å²) < 4.78 is 0. The smallest absolute Gasteiger partial charge is 0.145 e. The number of aromatic nitrogens is 2. The SMILES string of the molecule is CCCNc1cc(C(C)C)nc(C2SCCSC2C)n1. The number of hydrogen-bond acceptors (Lipinski definition) is 5. The van der Waals surface area contributed by atoms with E-state index in [0.29, 0.717) is 16.4 Å². The lowest BCUT2D eigenvalue weighted by Crippen LogP contribution is -2.19. The first-order chi connectivity index (χ1) is 9.61. The average Bonchev–Trinajstić information content (AvgIpc) is 2.45. The molecule has 5 heteroatoms. The van der Waals surface area contributed by atoms with Crippen LogP contribution < -0.4 is 5.32 Å². The van der Waals surface area contributed by atoms with Crippen molar-refractivity contribution in [3.8, 4) is 0 Å². The predicted molar refractivity (Wildman–Crippen MR) is 92.0 cm³/mol. The van der Waals surface area contributed by atoms with E-state index < -0.39 is 0 Å². The van der Waals surface area contributed by atoms with E-state index in [4.69, 9.17) is 9.97 Å². The van der Waals surface area contributed by atoms with Crippen LogP contribution in [-0.4, -0.2) is 33.3 Å². The summed E-state index contributed by atoms with van der Waals surface area (Å²) in [4.78, 5) is 9.60. The van der Waals surface area contributed by atoms with Gasteiger partial charge < -0.3 is 5.32 Å². The Bertz CT molecular complexity index is 437. The molecule has 0 saturated carbocycles. The zero-order chi connectivity index (χ0) is 14.5. The number of nitrogens with one attached hydrogen (secondary N) is 1. The highest BCUT2D eigenvalue weighted by Crippen LogP contribution is 2.41. The van der Waals surface area contributed by atoms with E-state index in [0.717, 1.165) is 30.3 Å². The number of anilines is 1. The minimum absolute atomic E-state index is 0.426. The normalized spacial score (nSPS) is 23.1. The summed E-state index contributed by atoms with van der Waals surface area (Å²) in [6.07, 6.45) is 1.11. The molecule has 0 aromatic carbocycles. The fourth-order valence-corrected chi connectivity index (χ4v) is 4.86. The van der Waals surface area contributed by atoms with Crippen LogP contribution in [0.25, 0.3) is 0 Å². The molecule has 112 valence electrons. The van der Waals surface area contributed by atoms with Gasteiger partial charge in [0, 0.05) is 35.1 Å². The Morgan fingerprint density at radius 2 is 2.05 bits per heavy atom. The average molecular weight is 312 g/mol. The van der Waals surface area contributed by atoms with E-state index in [2.05, 4.69) is 39.1 Å². The van der Waals surface area contributed by atoms with E-state index in [1.165, 1.54) is 11.5 Å². The molecule has 2 heterocycles. The largest absolute Gasteiger partial charge is 0.370 e. The van der Waals surface area contributed by atoms with E-state index in [1.807, 2.05) is 23.5 Å². The first-order valence-corrected chi connectivity index (χ1v) is 9.57. The number of thioether (sulfide) groups is 2. The number of rotatable bonds is 5. The summed E-state index contributed by atoms with van der Waals surface area (Å²) >= 11 is 4.04. The van der Waals surface area contributed by atoms with Crippen molar-refractivity contribution in [1.82, 2.24) is 9.97 Å². The molecule has 1 aliphatic heterocycles. The van der Waals surface area contributed by atoms with Gasteiger partial charge in [0.1, 0.15) is 11.6 Å². The van der Waals surface area contributed by atoms with Crippen molar-refractivity contribution < 1.29 is 0 Å². The molecule has 1 saturated heterocycles. The highest BCUT2D eigenvalue weighted by atomic mass is 32.2. The lowest BCUT2D eigenvalue weighted by Gasteiger charge is -2.27. The molecule has 1 aromatic rings. The first-order valence-electron chi connectivity index (χ1n) is 7.47. The predicted octanol–water partition coefficient (Wildman–Crippen LogP) is 4.33. The Morgan fingerprint density at radius 3 is 2.70 bits per heavy atom. The molecule has 3 nitrogen and oxygen atoms in total. The van der Waals surface area contributed by atoms with Crippen molar-refractivity contribution in [2.75, 3.05) is 23.4 Å². The van der Waals surface area contributed by atoms with Crippen molar-refractivity contribution in [2.24, 2.45) is 0 Å². The second-order valence-corrected chi connectivity index (χ2v) is 8.22. The molecule has 2 atom stereocenters. The lowest BCUT2D eigenvalue weighted by atomic mass is 10.1. The van der Waals surface area contributed by atoms with Crippen molar-refractivity contribution in [3.63, 3.8) is 0 Å². The van der Waals surface area contributed by atoms with Crippen LogP contribution in [-0.2, 0) is 0 Å². The van der Waals surface area contributed by atoms with Crippen molar-refractivity contribution >= 4 is 29.3 Å². The zero-order valence-electron chi connectivity index (χ0n) is 12.8. The molecule has 1 aromatic heterocycles. The Kier molecular flexibility index (Phi) is 6.02. The Balaban J connectivity index is 2.27. The van der Waals surface area contributed by atoms with Crippen LogP contribution in [0.15, 0.2) is 6.07 Å². The van der Waals surface area contributed by atoms with Gasteiger partial charge in [0.25, 0.3) is 0 Å². The second kappa shape index (κ2) is 7.55. The van der Waals surface area contributed by atoms with E-state index in [9.17, 15) is 0 Å². The van der Waals surface area contributed by atoms with Gasteiger partial charge in [-0.2, -0.15) is 11.8 Å². The quantitative estimate of drug-likeness (QED) is 0.876. The van der Waals surface area contributed by atoms with Crippen LogP contribution in [0.1, 0.15) is 56.8 Å². The van der Waals surface area contributed by atoms with Crippen molar-refractivity contribution in [2.45, 2.75) is 50.5 Å². The van der Waals surface area contributed by atoms with Crippen LogP contribution in [0.5, 0.6) is 0 Å². The van der Waals surface area contributed by atoms with E-state index >= 15 is 0 Å². The summed E-state index contributed by atoms with van der Waals surface area (Å²) in [5.74, 6) is 4.89. The molecular weight excluding hydrogens is 286 g/mol. The molecule has 0 radical (unpaired) electrons. The monoisotopic (exact) mass is 311 g/mol. The van der Waals surface area contributed by atoms with Crippen LogP contribution >= 0.6 is 23.5 Å². The zero-order valence-corrected chi connectivity index (χ0v) is 14.5. The molecule has 0 bridgehead atoms. The van der Waals surface area contributed by atoms with E-state index in [1.54, 1.807) is 0 Å². The molecule has 1 N–H and O–H groups in total. The molecule has 2 rings (SSSR count). The minimum Gasteiger partial charge on any atom is -0.370 e. The summed E-state index contributed by atoms with van der Waals surface area (Å²) in [6.45, 7) is 9.83. The third kappa shape index (κ3) is 4.04. The minimum atomic E-state index is 0.426. The summed E-state index contributed by atoms with van der Waals surface area (Å²) in [7, 11) is 0. The maximum Gasteiger partial charge on any atom is 0.145 e. The van der Waals surface area contributed by atoms with Gasteiger partial charge in [-0.25, -0.2) is 9.97 Å². The van der Waals surface area contributed by atoms with Gasteiger partial charge in [0.2, 0.25) is 0 Å². The third-order valence-corrected chi connectivity index (χ3v) is 6.44. The van der Waals surface area contributed by atoms with Gasteiger partial charge in [-0.1, -0.05) is 27.7 Å². The van der Waals surface area contributed by atoms with Gasteiger partial charge in [-0.3, -0.25) is 0 Å². The molecule has 1 fully saturated rings. The van der Waals surface area contributed by atoms with Crippen molar-refractivity contribution in [1.29, 1.82) is 0 Å². The molecule has 0 amide bonds. The maximum atomic E-state index is 4.83. The second-order valence-electron chi connectivity index (χ2n) is 5.49. The van der Waals surface area contributed by atoms with Crippen LogP contribution in [0, 0.1) is 0 Å². The van der Waals surface area contributed by atoms with Crippen LogP contribution in [0.2, 0.25) is 0 Å². The van der Waals surface area contributed by atoms with Gasteiger partial charge in [-0.15, -0.1) is 11.8 Å². The van der Waals surface area contributed by atoms with Crippen LogP contribution in [0.4, 0.5) is 5.82 Å². The Hall–Kier alpha value is -0.420. The van der Waals surface area contributed by atoms with E-state index in [-0.39, 0.29) is 0 Å². The number of nitrogens with zero attached hydrogens (tertiary/aromatic N) is 2. The standard InChI is InChI=1S/C15H25N3S2/c1-5-6-16-13-9-12(10(2)3)17-15(18-13)14-11(4)19-7-8-20-14/h9-11,14H,5-8H2,1-4H3,(H,16,17,18). The number of hydrogen-bond donors (Lipinski definition) is 1. The fourth-order valence-electron chi connectivity index (χ4n) is 2.17. The molecule has 20 heavy (non-hydrogen) atoms. The Morgan fingerprint density at radius 1 is 1.30 bits per heavy atom. The van der Waals surface area contributed by atoms with Crippen LogP contribution in [0.3, 0.4) is 0 Å². The maximum absolute atomic E-state index is 4.83. The Labute approximate surface area is 131 Å². The first kappa shape index (κ1) is 16.0. The third-order valence-electron chi connectivity index (χ3n) is 3.35. The molecule has 0 aliphatic carbocycles. The van der Waals surface area contributed by atoms with Gasteiger partial charge in [-0.05, 0) is 12.3 Å². The molecule has 2 unspecified atom stereocenters. The van der Waals surface area contributed by atoms with Crippen molar-refractivity contribution in [3.05, 3.63) is 17.6 Å². The highest BCUT2D eigenvalue weighted by molar-refractivity contribution is 8.06. The highest BCUT2D eigenvalue weighted by Gasteiger charge is 2.27. The fraction of sp³-hybridized carbons (Fsp3) is 0.733.